The molecule has 1 aliphatic rings. The fourth-order valence-corrected chi connectivity index (χ4v) is 3.32. The average Bonchev–Trinajstić information content (AvgIpc) is 3.50. The molecule has 0 bridgehead atoms. The van der Waals surface area contributed by atoms with Crippen molar-refractivity contribution in [3.05, 3.63) is 65.8 Å². The topological polar surface area (TPSA) is 118 Å². The average molecular weight is 389 g/mol. The number of nitrogens with two attached hydrogens (primary N) is 1. The number of aromatic amines is 1. The molecule has 1 saturated carbocycles. The van der Waals surface area contributed by atoms with Gasteiger partial charge in [0.1, 0.15) is 22.8 Å². The molecule has 5 rings (SSSR count). The summed E-state index contributed by atoms with van der Waals surface area (Å²) in [5.74, 6) is -0.799. The molecule has 0 aliphatic heterocycles. The first kappa shape index (κ1) is 17.3. The number of nitrogen functional groups attached to an aromatic ring is 1. The van der Waals surface area contributed by atoms with Crippen molar-refractivity contribution in [3.8, 4) is 16.9 Å². The molecule has 0 atom stereocenters. The highest BCUT2D eigenvalue weighted by molar-refractivity contribution is 6.17. The number of hydrogen-bond acceptors (Lipinski definition) is 6. The Morgan fingerprint density at radius 3 is 2.59 bits per heavy atom. The number of nitrogens with zero attached hydrogens (tertiary/aromatic N) is 3. The molecule has 0 radical (unpaired) electrons. The summed E-state index contributed by atoms with van der Waals surface area (Å²) in [4.78, 5) is 29.0. The summed E-state index contributed by atoms with van der Waals surface area (Å²) in [6, 6.07) is 4.17. The van der Waals surface area contributed by atoms with Gasteiger partial charge in [0.05, 0.1) is 5.69 Å². The number of phenols is 1. The van der Waals surface area contributed by atoms with Crippen LogP contribution in [0, 0.1) is 5.82 Å². The van der Waals surface area contributed by atoms with Gasteiger partial charge in [-0.15, -0.1) is 0 Å². The number of phenolic OH excluding ortho intramolecular Hbond substituents is 1. The molecular weight excluding hydrogens is 373 g/mol. The highest BCUT2D eigenvalue weighted by Gasteiger charge is 2.26. The Kier molecular flexibility index (Phi) is 3.80. The summed E-state index contributed by atoms with van der Waals surface area (Å²) in [5, 5.41) is 10.5. The number of H-pyrrole nitrogens is 1. The highest BCUT2D eigenvalue weighted by atomic mass is 19.1. The van der Waals surface area contributed by atoms with Gasteiger partial charge < -0.3 is 15.8 Å². The summed E-state index contributed by atoms with van der Waals surface area (Å²) in [5.41, 5.74) is 7.03. The standard InChI is InChI=1S/C21H16FN5O2/c22-18-15(23)3-4-16(28)17(18)19(29)14-9-27-21-13(14)5-11(6-26-21)12-7-24-20(25-8-12)10-1-2-10/h3-10,28H,1-2,23H2,(H,26,27). The minimum absolute atomic E-state index is 0.185. The van der Waals surface area contributed by atoms with E-state index in [1.165, 1.54) is 18.3 Å². The Morgan fingerprint density at radius 1 is 1.14 bits per heavy atom. The molecule has 0 unspecified atom stereocenters. The van der Waals surface area contributed by atoms with Crippen LogP contribution in [-0.4, -0.2) is 30.8 Å². The summed E-state index contributed by atoms with van der Waals surface area (Å²) >= 11 is 0. The van der Waals surface area contributed by atoms with Crippen molar-refractivity contribution in [1.29, 1.82) is 0 Å². The van der Waals surface area contributed by atoms with Gasteiger partial charge in [-0.25, -0.2) is 19.3 Å². The molecule has 1 aliphatic carbocycles. The molecule has 3 aromatic heterocycles. The van der Waals surface area contributed by atoms with E-state index >= 15 is 0 Å². The SMILES string of the molecule is Nc1ccc(O)c(C(=O)c2c[nH]c3ncc(-c4cnc(C5CC5)nc4)cc23)c1F. The number of aromatic nitrogens is 4. The van der Waals surface area contributed by atoms with E-state index in [4.69, 9.17) is 5.73 Å². The Balaban J connectivity index is 1.58. The van der Waals surface area contributed by atoms with Gasteiger partial charge in [-0.3, -0.25) is 4.79 Å². The van der Waals surface area contributed by atoms with Gasteiger partial charge in [0.2, 0.25) is 5.78 Å². The summed E-state index contributed by atoms with van der Waals surface area (Å²) < 4.78 is 14.4. The molecule has 0 saturated heterocycles. The number of hydrogen-bond donors (Lipinski definition) is 3. The molecule has 29 heavy (non-hydrogen) atoms. The zero-order valence-electron chi connectivity index (χ0n) is 15.2. The first-order chi connectivity index (χ1) is 14.0. The van der Waals surface area contributed by atoms with Crippen LogP contribution in [0.3, 0.4) is 0 Å². The fourth-order valence-electron chi connectivity index (χ4n) is 3.32. The van der Waals surface area contributed by atoms with Gasteiger partial charge in [-0.05, 0) is 31.0 Å². The number of anilines is 1. The van der Waals surface area contributed by atoms with Crippen LogP contribution in [0.1, 0.15) is 40.5 Å². The van der Waals surface area contributed by atoms with Crippen LogP contribution in [0.15, 0.2) is 43.0 Å². The van der Waals surface area contributed by atoms with Crippen LogP contribution in [0.5, 0.6) is 5.75 Å². The molecule has 144 valence electrons. The predicted octanol–water partition coefficient (Wildman–Crippen LogP) is 3.56. The Hall–Kier alpha value is -3.81. The smallest absolute Gasteiger partial charge is 0.202 e. The number of fused-ring (bicyclic) bond motifs is 1. The second-order valence-corrected chi connectivity index (χ2v) is 7.12. The molecule has 3 heterocycles. The molecular formula is C21H16FN5O2. The van der Waals surface area contributed by atoms with Crippen LogP contribution in [0.4, 0.5) is 10.1 Å². The third-order valence-electron chi connectivity index (χ3n) is 5.10. The summed E-state index contributed by atoms with van der Waals surface area (Å²) in [6.07, 6.45) is 8.81. The lowest BCUT2D eigenvalue weighted by Gasteiger charge is -2.07. The number of nitrogens with one attached hydrogen (secondary N) is 1. The van der Waals surface area contributed by atoms with Gasteiger partial charge >= 0.3 is 0 Å². The molecule has 1 fully saturated rings. The number of pyridine rings is 1. The predicted molar refractivity (Wildman–Crippen MR) is 105 cm³/mol. The third-order valence-corrected chi connectivity index (χ3v) is 5.10. The number of ketones is 1. The van der Waals surface area contributed by atoms with Crippen LogP contribution in [-0.2, 0) is 0 Å². The fraction of sp³-hybridized carbons (Fsp3) is 0.143. The van der Waals surface area contributed by atoms with Gasteiger partial charge in [-0.1, -0.05) is 0 Å². The van der Waals surface area contributed by atoms with Crippen LogP contribution >= 0.6 is 0 Å². The van der Waals surface area contributed by atoms with Crippen molar-refractivity contribution >= 4 is 22.5 Å². The van der Waals surface area contributed by atoms with Crippen molar-refractivity contribution < 1.29 is 14.3 Å². The zero-order valence-corrected chi connectivity index (χ0v) is 15.2. The number of rotatable bonds is 4. The van der Waals surface area contributed by atoms with Crippen LogP contribution < -0.4 is 5.73 Å². The lowest BCUT2D eigenvalue weighted by Crippen LogP contribution is -2.06. The molecule has 7 nitrogen and oxygen atoms in total. The number of halogens is 1. The van der Waals surface area contributed by atoms with E-state index in [9.17, 15) is 14.3 Å². The van der Waals surface area contributed by atoms with Crippen molar-refractivity contribution in [2.45, 2.75) is 18.8 Å². The Labute approximate surface area is 164 Å². The third kappa shape index (κ3) is 2.89. The lowest BCUT2D eigenvalue weighted by molar-refractivity contribution is 0.103. The van der Waals surface area contributed by atoms with E-state index < -0.39 is 22.9 Å². The first-order valence-electron chi connectivity index (χ1n) is 9.14. The normalized spacial score (nSPS) is 13.7. The van der Waals surface area contributed by atoms with Crippen molar-refractivity contribution in [3.63, 3.8) is 0 Å². The van der Waals surface area contributed by atoms with E-state index in [1.54, 1.807) is 24.7 Å². The van der Waals surface area contributed by atoms with Gasteiger partial charge in [-0.2, -0.15) is 0 Å². The largest absolute Gasteiger partial charge is 0.507 e. The number of carbonyl (C=O) groups is 1. The monoisotopic (exact) mass is 389 g/mol. The lowest BCUT2D eigenvalue weighted by atomic mass is 10.00. The molecule has 4 aromatic rings. The van der Waals surface area contributed by atoms with Gasteiger partial charge in [0.25, 0.3) is 0 Å². The maximum atomic E-state index is 14.4. The minimum Gasteiger partial charge on any atom is -0.507 e. The zero-order chi connectivity index (χ0) is 20.1. The van der Waals surface area contributed by atoms with E-state index in [0.29, 0.717) is 17.0 Å². The number of aromatic hydroxyl groups is 1. The second-order valence-electron chi connectivity index (χ2n) is 7.12. The van der Waals surface area contributed by atoms with Crippen molar-refractivity contribution in [2.24, 2.45) is 0 Å². The Bertz CT molecular complexity index is 1260. The van der Waals surface area contributed by atoms with E-state index in [2.05, 4.69) is 19.9 Å². The quantitative estimate of drug-likeness (QED) is 0.279. The first-order valence-corrected chi connectivity index (χ1v) is 9.14. The molecule has 1 aromatic carbocycles. The van der Waals surface area contributed by atoms with Gasteiger partial charge in [0.15, 0.2) is 5.82 Å². The van der Waals surface area contributed by atoms with E-state index in [0.717, 1.165) is 29.8 Å². The number of benzene rings is 1. The maximum absolute atomic E-state index is 14.4. The molecule has 0 spiro atoms. The number of carbonyl (C=O) groups excluding carboxylic acids is 1. The second kappa shape index (κ2) is 6.37. The summed E-state index contributed by atoms with van der Waals surface area (Å²) in [6.45, 7) is 0. The molecule has 0 amide bonds. The van der Waals surface area contributed by atoms with E-state index in [-0.39, 0.29) is 11.3 Å². The Morgan fingerprint density at radius 2 is 1.86 bits per heavy atom. The van der Waals surface area contributed by atoms with Crippen molar-refractivity contribution in [1.82, 2.24) is 19.9 Å². The highest BCUT2D eigenvalue weighted by Crippen LogP contribution is 2.38. The minimum atomic E-state index is -0.947. The maximum Gasteiger partial charge on any atom is 0.202 e. The van der Waals surface area contributed by atoms with Crippen LogP contribution in [0.2, 0.25) is 0 Å². The summed E-state index contributed by atoms with van der Waals surface area (Å²) in [7, 11) is 0. The van der Waals surface area contributed by atoms with Crippen LogP contribution in [0.25, 0.3) is 22.2 Å². The van der Waals surface area contributed by atoms with Crippen molar-refractivity contribution in [2.75, 3.05) is 5.73 Å². The molecule has 4 N–H and O–H groups in total. The van der Waals surface area contributed by atoms with Gasteiger partial charge in [0, 0.05) is 52.8 Å². The van der Waals surface area contributed by atoms with E-state index in [1.807, 2.05) is 0 Å². The molecule has 8 heteroatoms.